The van der Waals surface area contributed by atoms with E-state index in [0.29, 0.717) is 11.6 Å². The first-order valence-electron chi connectivity index (χ1n) is 7.63. The van der Waals surface area contributed by atoms with Crippen LogP contribution in [-0.2, 0) is 27.4 Å². The molecule has 1 N–H and O–H groups in total. The number of benzene rings is 1. The van der Waals surface area contributed by atoms with Gasteiger partial charge in [0.25, 0.3) is 11.8 Å². The average Bonchev–Trinajstić information content (AvgIpc) is 2.85. The molecule has 0 radical (unpaired) electrons. The van der Waals surface area contributed by atoms with E-state index in [1.807, 2.05) is 19.2 Å². The topological polar surface area (TPSA) is 79.0 Å². The summed E-state index contributed by atoms with van der Waals surface area (Å²) in [4.78, 5) is 41.6. The fourth-order valence-corrected chi connectivity index (χ4v) is 2.92. The SMILES string of the molecule is CN1Cc2ccccc2CC1CNC(=O)ON1C(=O)CCC1=O. The number of carbonyl (C=O) groups excluding carboxylic acids is 3. The van der Waals surface area contributed by atoms with Gasteiger partial charge in [0.05, 0.1) is 0 Å². The van der Waals surface area contributed by atoms with E-state index in [9.17, 15) is 14.4 Å². The van der Waals surface area contributed by atoms with Crippen molar-refractivity contribution >= 4 is 17.9 Å². The average molecular weight is 317 g/mol. The van der Waals surface area contributed by atoms with Gasteiger partial charge in [-0.3, -0.25) is 14.5 Å². The first-order valence-corrected chi connectivity index (χ1v) is 7.63. The Kier molecular flexibility index (Phi) is 4.29. The second kappa shape index (κ2) is 6.37. The lowest BCUT2D eigenvalue weighted by atomic mass is 9.94. The lowest BCUT2D eigenvalue weighted by Crippen LogP contribution is -2.47. The van der Waals surface area contributed by atoms with Crippen LogP contribution >= 0.6 is 0 Å². The van der Waals surface area contributed by atoms with Crippen LogP contribution in [0, 0.1) is 0 Å². The number of fused-ring (bicyclic) bond motifs is 1. The van der Waals surface area contributed by atoms with E-state index in [0.717, 1.165) is 13.0 Å². The van der Waals surface area contributed by atoms with Crippen LogP contribution < -0.4 is 5.32 Å². The molecule has 0 bridgehead atoms. The van der Waals surface area contributed by atoms with Crippen LogP contribution in [0.2, 0.25) is 0 Å². The molecule has 7 heteroatoms. The number of imide groups is 1. The van der Waals surface area contributed by atoms with E-state index < -0.39 is 17.9 Å². The van der Waals surface area contributed by atoms with E-state index >= 15 is 0 Å². The Morgan fingerprint density at radius 3 is 2.57 bits per heavy atom. The van der Waals surface area contributed by atoms with Crippen LogP contribution in [0.1, 0.15) is 24.0 Å². The minimum Gasteiger partial charge on any atom is -0.318 e. The molecule has 0 aromatic heterocycles. The quantitative estimate of drug-likeness (QED) is 0.836. The number of amides is 3. The molecule has 2 aliphatic heterocycles. The van der Waals surface area contributed by atoms with Gasteiger partial charge >= 0.3 is 6.09 Å². The summed E-state index contributed by atoms with van der Waals surface area (Å²) in [5.41, 5.74) is 2.57. The molecule has 0 saturated carbocycles. The molecule has 2 aliphatic rings. The summed E-state index contributed by atoms with van der Waals surface area (Å²) in [5.74, 6) is -0.956. The Bertz CT molecular complexity index is 630. The fourth-order valence-electron chi connectivity index (χ4n) is 2.92. The van der Waals surface area contributed by atoms with Gasteiger partial charge in [0, 0.05) is 32.0 Å². The molecule has 0 aliphatic carbocycles. The van der Waals surface area contributed by atoms with Crippen LogP contribution in [0.25, 0.3) is 0 Å². The number of hydrogen-bond donors (Lipinski definition) is 1. The van der Waals surface area contributed by atoms with Gasteiger partial charge < -0.3 is 10.2 Å². The molecule has 122 valence electrons. The molecule has 23 heavy (non-hydrogen) atoms. The maximum Gasteiger partial charge on any atom is 0.432 e. The highest BCUT2D eigenvalue weighted by Gasteiger charge is 2.33. The first kappa shape index (κ1) is 15.5. The second-order valence-electron chi connectivity index (χ2n) is 5.88. The fraction of sp³-hybridized carbons (Fsp3) is 0.438. The maximum absolute atomic E-state index is 11.8. The Morgan fingerprint density at radius 1 is 1.22 bits per heavy atom. The van der Waals surface area contributed by atoms with E-state index in [1.54, 1.807) is 0 Å². The number of hydroxylamine groups is 2. The monoisotopic (exact) mass is 317 g/mol. The minimum absolute atomic E-state index is 0.0915. The van der Waals surface area contributed by atoms with Crippen molar-refractivity contribution in [2.24, 2.45) is 0 Å². The third-order valence-corrected chi connectivity index (χ3v) is 4.28. The Balaban J connectivity index is 1.53. The number of rotatable bonds is 3. The molecular weight excluding hydrogens is 298 g/mol. The van der Waals surface area contributed by atoms with E-state index in [-0.39, 0.29) is 18.9 Å². The van der Waals surface area contributed by atoms with Gasteiger partial charge in [-0.2, -0.15) is 0 Å². The van der Waals surface area contributed by atoms with Gasteiger partial charge in [-0.1, -0.05) is 24.3 Å². The molecule has 1 aromatic carbocycles. The number of likely N-dealkylation sites (N-methyl/N-ethyl adjacent to an activating group) is 1. The van der Waals surface area contributed by atoms with Crippen molar-refractivity contribution in [2.45, 2.75) is 31.8 Å². The molecular formula is C16H19N3O4. The second-order valence-corrected chi connectivity index (χ2v) is 5.88. The van der Waals surface area contributed by atoms with Gasteiger partial charge in [-0.05, 0) is 24.6 Å². The minimum atomic E-state index is -0.777. The zero-order valence-corrected chi connectivity index (χ0v) is 12.9. The van der Waals surface area contributed by atoms with Gasteiger partial charge in [-0.15, -0.1) is 5.06 Å². The van der Waals surface area contributed by atoms with Crippen LogP contribution in [0.5, 0.6) is 0 Å². The van der Waals surface area contributed by atoms with Crippen molar-refractivity contribution in [1.82, 2.24) is 15.3 Å². The summed E-state index contributed by atoms with van der Waals surface area (Å²) < 4.78 is 0. The number of nitrogens with one attached hydrogen (secondary N) is 1. The summed E-state index contributed by atoms with van der Waals surface area (Å²) in [5, 5.41) is 3.18. The van der Waals surface area contributed by atoms with Crippen molar-refractivity contribution < 1.29 is 19.2 Å². The zero-order chi connectivity index (χ0) is 16.4. The summed E-state index contributed by atoms with van der Waals surface area (Å²) in [6.07, 6.45) is 0.234. The van der Waals surface area contributed by atoms with Gasteiger partial charge in [-0.25, -0.2) is 4.79 Å². The summed E-state index contributed by atoms with van der Waals surface area (Å²) in [6, 6.07) is 8.37. The lowest BCUT2D eigenvalue weighted by Gasteiger charge is -2.34. The van der Waals surface area contributed by atoms with Crippen LogP contribution in [0.3, 0.4) is 0 Å². The predicted octanol–water partition coefficient (Wildman–Crippen LogP) is 0.833. The lowest BCUT2D eigenvalue weighted by molar-refractivity contribution is -0.171. The van der Waals surface area contributed by atoms with E-state index in [1.165, 1.54) is 11.1 Å². The van der Waals surface area contributed by atoms with Crippen molar-refractivity contribution in [3.63, 3.8) is 0 Å². The van der Waals surface area contributed by atoms with Crippen LogP contribution in [-0.4, -0.2) is 47.5 Å². The maximum atomic E-state index is 11.8. The van der Waals surface area contributed by atoms with Crippen molar-refractivity contribution in [1.29, 1.82) is 0 Å². The Labute approximate surface area is 134 Å². The van der Waals surface area contributed by atoms with Gasteiger partial charge in [0.2, 0.25) is 0 Å². The molecule has 2 heterocycles. The molecule has 1 atom stereocenters. The number of carbonyl (C=O) groups is 3. The van der Waals surface area contributed by atoms with Crippen LogP contribution in [0.4, 0.5) is 4.79 Å². The van der Waals surface area contributed by atoms with Crippen LogP contribution in [0.15, 0.2) is 24.3 Å². The normalized spacial score (nSPS) is 21.3. The van der Waals surface area contributed by atoms with Crippen molar-refractivity contribution in [2.75, 3.05) is 13.6 Å². The molecule has 1 aromatic rings. The molecule has 0 spiro atoms. The smallest absolute Gasteiger partial charge is 0.318 e. The van der Waals surface area contributed by atoms with Gasteiger partial charge in [0.15, 0.2) is 0 Å². The zero-order valence-electron chi connectivity index (χ0n) is 12.9. The van der Waals surface area contributed by atoms with Crippen molar-refractivity contribution in [3.8, 4) is 0 Å². The molecule has 1 saturated heterocycles. The number of nitrogens with zero attached hydrogens (tertiary/aromatic N) is 2. The predicted molar refractivity (Wildman–Crippen MR) is 81.0 cm³/mol. The van der Waals surface area contributed by atoms with Crippen molar-refractivity contribution in [3.05, 3.63) is 35.4 Å². The third-order valence-electron chi connectivity index (χ3n) is 4.28. The Morgan fingerprint density at radius 2 is 1.87 bits per heavy atom. The van der Waals surface area contributed by atoms with E-state index in [4.69, 9.17) is 4.84 Å². The Hall–Kier alpha value is -2.41. The molecule has 1 fully saturated rings. The summed E-state index contributed by atoms with van der Waals surface area (Å²) >= 11 is 0. The third kappa shape index (κ3) is 3.34. The summed E-state index contributed by atoms with van der Waals surface area (Å²) in [6.45, 7) is 1.21. The molecule has 3 rings (SSSR count). The highest BCUT2D eigenvalue weighted by atomic mass is 16.7. The summed E-state index contributed by atoms with van der Waals surface area (Å²) in [7, 11) is 2.00. The van der Waals surface area contributed by atoms with Gasteiger partial charge in [0.1, 0.15) is 0 Å². The largest absolute Gasteiger partial charge is 0.432 e. The highest BCUT2D eigenvalue weighted by Crippen LogP contribution is 2.21. The standard InChI is InChI=1S/C16H19N3O4/c1-18-10-12-5-3-2-4-11(12)8-13(18)9-17-16(22)23-19-14(20)6-7-15(19)21/h2-5,13H,6-10H2,1H3,(H,17,22). The highest BCUT2D eigenvalue weighted by molar-refractivity contribution is 6.01. The van der Waals surface area contributed by atoms with E-state index in [2.05, 4.69) is 22.3 Å². The molecule has 3 amide bonds. The number of hydrogen-bond acceptors (Lipinski definition) is 5. The first-order chi connectivity index (χ1) is 11.0. The molecule has 7 nitrogen and oxygen atoms in total. The molecule has 1 unspecified atom stereocenters.